The van der Waals surface area contributed by atoms with E-state index in [1.807, 2.05) is 0 Å². The maximum atomic E-state index is 12.2. The molecule has 1 aliphatic carbocycles. The van der Waals surface area contributed by atoms with E-state index in [1.54, 1.807) is 5.38 Å². The summed E-state index contributed by atoms with van der Waals surface area (Å²) in [6.07, 6.45) is 1.91. The second kappa shape index (κ2) is 6.65. The normalized spacial score (nSPS) is 16.9. The van der Waals surface area contributed by atoms with Gasteiger partial charge in [-0.05, 0) is 19.8 Å². The van der Waals surface area contributed by atoms with Crippen LogP contribution in [0.25, 0.3) is 0 Å². The van der Waals surface area contributed by atoms with Gasteiger partial charge in [0.2, 0.25) is 0 Å². The van der Waals surface area contributed by atoms with Crippen LogP contribution in [0.15, 0.2) is 11.4 Å². The number of amides is 1. The molecule has 23 heavy (non-hydrogen) atoms. The van der Waals surface area contributed by atoms with Gasteiger partial charge >= 0.3 is 15.5 Å². The summed E-state index contributed by atoms with van der Waals surface area (Å²) in [6, 6.07) is 0.601. The number of nitrogens with one attached hydrogen (secondary N) is 2. The van der Waals surface area contributed by atoms with Crippen molar-refractivity contribution in [1.29, 1.82) is 0 Å². The van der Waals surface area contributed by atoms with E-state index in [9.17, 15) is 26.4 Å². The van der Waals surface area contributed by atoms with Crippen LogP contribution in [0.3, 0.4) is 0 Å². The van der Waals surface area contributed by atoms with Crippen LogP contribution >= 0.6 is 11.3 Å². The number of hydrogen-bond donors (Lipinski definition) is 2. The van der Waals surface area contributed by atoms with E-state index in [0.717, 1.165) is 24.2 Å². The first-order valence-corrected chi connectivity index (χ1v) is 9.05. The Bertz CT molecular complexity index is 668. The Labute approximate surface area is 135 Å². The van der Waals surface area contributed by atoms with E-state index in [-0.39, 0.29) is 18.6 Å². The zero-order valence-electron chi connectivity index (χ0n) is 12.0. The molecule has 0 aliphatic heterocycles. The summed E-state index contributed by atoms with van der Waals surface area (Å²) in [5.74, 6) is -0.232. The smallest absolute Gasteiger partial charge is 0.482 e. The van der Waals surface area contributed by atoms with Crippen molar-refractivity contribution in [1.82, 2.24) is 10.0 Å². The molecule has 0 bridgehead atoms. The quantitative estimate of drug-likeness (QED) is 0.765. The van der Waals surface area contributed by atoms with Crippen LogP contribution in [0, 0.1) is 0 Å². The third kappa shape index (κ3) is 5.08. The molecule has 2 rings (SSSR count). The van der Waals surface area contributed by atoms with Crippen molar-refractivity contribution in [3.05, 3.63) is 17.0 Å². The number of sulfonamides is 1. The number of thiophene rings is 1. The van der Waals surface area contributed by atoms with Crippen LogP contribution < -0.4 is 14.8 Å². The monoisotopic (exact) mass is 372 g/mol. The minimum atomic E-state index is -5.41. The molecule has 6 nitrogen and oxygen atoms in total. The Morgan fingerprint density at radius 2 is 2.13 bits per heavy atom. The minimum absolute atomic E-state index is 0.212. The topological polar surface area (TPSA) is 84.5 Å². The van der Waals surface area contributed by atoms with Gasteiger partial charge in [-0.15, -0.1) is 11.3 Å². The molecule has 1 aromatic rings. The third-order valence-corrected chi connectivity index (χ3v) is 5.05. The van der Waals surface area contributed by atoms with E-state index in [2.05, 4.69) is 5.32 Å². The number of alkyl halides is 3. The van der Waals surface area contributed by atoms with Crippen molar-refractivity contribution in [2.24, 2.45) is 0 Å². The number of hydrogen-bond acceptors (Lipinski definition) is 5. The maximum absolute atomic E-state index is 12.2. The molecule has 0 spiro atoms. The van der Waals surface area contributed by atoms with Gasteiger partial charge in [0.05, 0.1) is 11.6 Å². The van der Waals surface area contributed by atoms with Gasteiger partial charge in [0.1, 0.15) is 6.61 Å². The summed E-state index contributed by atoms with van der Waals surface area (Å²) in [5.41, 5.74) is -4.96. The van der Waals surface area contributed by atoms with Crippen LogP contribution in [0.2, 0.25) is 0 Å². The largest absolute Gasteiger partial charge is 0.511 e. The molecular formula is C12H15F3N2O4S2. The molecule has 1 fully saturated rings. The van der Waals surface area contributed by atoms with Gasteiger partial charge in [-0.2, -0.15) is 13.2 Å². The molecule has 130 valence electrons. The highest BCUT2D eigenvalue weighted by atomic mass is 32.2. The van der Waals surface area contributed by atoms with Crippen molar-refractivity contribution >= 4 is 27.3 Å². The van der Waals surface area contributed by atoms with Gasteiger partial charge in [-0.1, -0.05) is 0 Å². The van der Waals surface area contributed by atoms with E-state index < -0.39 is 21.6 Å². The number of ether oxygens (including phenoxy) is 1. The molecular weight excluding hydrogens is 357 g/mol. The lowest BCUT2D eigenvalue weighted by Gasteiger charge is -2.15. The number of carbonyl (C=O) groups excluding carboxylic acids is 1. The standard InChI is InChI=1S/C12H15F3N2O4S2/c1-7(17-23(19,20)12(13,14)15)5-21-10-4-8(6-22-10)11(18)16-9-2-3-9/h4,6-7,9,17H,2-3,5H2,1H3,(H,16,18)/t7-/m0/s1. The summed E-state index contributed by atoms with van der Waals surface area (Å²) < 4.78 is 65.2. The van der Waals surface area contributed by atoms with Gasteiger partial charge in [0.15, 0.2) is 5.06 Å². The Balaban J connectivity index is 1.83. The Morgan fingerprint density at radius 1 is 1.48 bits per heavy atom. The predicted molar refractivity (Wildman–Crippen MR) is 77.9 cm³/mol. The Morgan fingerprint density at radius 3 is 2.70 bits per heavy atom. The van der Waals surface area contributed by atoms with Crippen LogP contribution in [-0.2, 0) is 10.0 Å². The molecule has 2 N–H and O–H groups in total. The highest BCUT2D eigenvalue weighted by Crippen LogP contribution is 2.25. The zero-order valence-corrected chi connectivity index (χ0v) is 13.6. The first-order chi connectivity index (χ1) is 10.6. The lowest BCUT2D eigenvalue weighted by Crippen LogP contribution is -2.43. The van der Waals surface area contributed by atoms with Crippen molar-refractivity contribution in [3.8, 4) is 5.06 Å². The fraction of sp³-hybridized carbons (Fsp3) is 0.583. The highest BCUT2D eigenvalue weighted by Gasteiger charge is 2.46. The molecule has 0 radical (unpaired) electrons. The van der Waals surface area contributed by atoms with Gasteiger partial charge in [-0.3, -0.25) is 4.79 Å². The average Bonchev–Trinajstić information content (AvgIpc) is 3.09. The van der Waals surface area contributed by atoms with Crippen LogP contribution in [-0.4, -0.2) is 38.5 Å². The average molecular weight is 372 g/mol. The first-order valence-electron chi connectivity index (χ1n) is 6.69. The lowest BCUT2D eigenvalue weighted by molar-refractivity contribution is -0.0451. The number of carbonyl (C=O) groups is 1. The Hall–Kier alpha value is -1.33. The summed E-state index contributed by atoms with van der Waals surface area (Å²) in [4.78, 5) is 11.8. The van der Waals surface area contributed by atoms with Crippen molar-refractivity contribution in [2.45, 2.75) is 37.4 Å². The van der Waals surface area contributed by atoms with Crippen molar-refractivity contribution < 1.29 is 31.1 Å². The van der Waals surface area contributed by atoms with E-state index in [1.165, 1.54) is 17.7 Å². The van der Waals surface area contributed by atoms with Crippen LogP contribution in [0.5, 0.6) is 5.06 Å². The van der Waals surface area contributed by atoms with Crippen molar-refractivity contribution in [2.75, 3.05) is 6.61 Å². The summed E-state index contributed by atoms with van der Waals surface area (Å²) in [6.45, 7) is 0.955. The molecule has 11 heteroatoms. The molecule has 0 aromatic carbocycles. The van der Waals surface area contributed by atoms with E-state index >= 15 is 0 Å². The van der Waals surface area contributed by atoms with E-state index in [0.29, 0.717) is 10.6 Å². The minimum Gasteiger partial charge on any atom is -0.482 e. The van der Waals surface area contributed by atoms with Crippen LogP contribution in [0.1, 0.15) is 30.1 Å². The molecule has 1 saturated carbocycles. The van der Waals surface area contributed by atoms with Crippen LogP contribution in [0.4, 0.5) is 13.2 Å². The molecule has 1 aromatic heterocycles. The maximum Gasteiger partial charge on any atom is 0.511 e. The molecule has 1 heterocycles. The number of rotatable bonds is 7. The van der Waals surface area contributed by atoms with Gasteiger partial charge in [0, 0.05) is 17.5 Å². The predicted octanol–water partition coefficient (Wildman–Crippen LogP) is 1.85. The summed E-state index contributed by atoms with van der Waals surface area (Å²) in [5, 5.41) is 4.68. The number of halogens is 3. The zero-order chi connectivity index (χ0) is 17.3. The highest BCUT2D eigenvalue weighted by molar-refractivity contribution is 7.90. The first kappa shape index (κ1) is 18.0. The SMILES string of the molecule is C[C@@H](COc1cc(C(=O)NC2CC2)cs1)NS(=O)(=O)C(F)(F)F. The second-order valence-corrected chi connectivity index (χ2v) is 7.76. The van der Waals surface area contributed by atoms with Gasteiger partial charge < -0.3 is 10.1 Å². The fourth-order valence-corrected chi connectivity index (χ4v) is 3.06. The van der Waals surface area contributed by atoms with Gasteiger partial charge in [-0.25, -0.2) is 13.1 Å². The van der Waals surface area contributed by atoms with Gasteiger partial charge in [0.25, 0.3) is 5.91 Å². The summed E-state index contributed by atoms with van der Waals surface area (Å²) >= 11 is 1.11. The van der Waals surface area contributed by atoms with E-state index in [4.69, 9.17) is 4.74 Å². The fourth-order valence-electron chi connectivity index (χ4n) is 1.58. The molecule has 0 unspecified atom stereocenters. The molecule has 1 aliphatic rings. The molecule has 1 atom stereocenters. The van der Waals surface area contributed by atoms with Crippen molar-refractivity contribution in [3.63, 3.8) is 0 Å². The second-order valence-electron chi connectivity index (χ2n) is 5.18. The summed E-state index contributed by atoms with van der Waals surface area (Å²) in [7, 11) is -5.41. The molecule has 1 amide bonds. The third-order valence-electron chi connectivity index (χ3n) is 2.89. The molecule has 0 saturated heterocycles. The Kier molecular flexibility index (Phi) is 5.21. The lowest BCUT2D eigenvalue weighted by atomic mass is 10.3.